The lowest BCUT2D eigenvalue weighted by molar-refractivity contribution is 0.836. The van der Waals surface area contributed by atoms with Gasteiger partial charge in [-0.2, -0.15) is 5.26 Å². The molecule has 1 atom stereocenters. The van der Waals surface area contributed by atoms with Crippen molar-refractivity contribution in [1.29, 1.82) is 5.26 Å². The Morgan fingerprint density at radius 2 is 1.60 bits per heavy atom. The summed E-state index contributed by atoms with van der Waals surface area (Å²) in [6, 6.07) is 14.3. The van der Waals surface area contributed by atoms with Gasteiger partial charge in [-0.15, -0.1) is 0 Å². The van der Waals surface area contributed by atoms with Crippen LogP contribution < -0.4 is 0 Å². The molecule has 0 amide bonds. The molecule has 0 fully saturated rings. The summed E-state index contributed by atoms with van der Waals surface area (Å²) in [5.74, 6) is -0.132. The highest BCUT2D eigenvalue weighted by molar-refractivity contribution is 6.30. The van der Waals surface area contributed by atoms with Gasteiger partial charge in [0.25, 0.3) is 0 Å². The highest BCUT2D eigenvalue weighted by atomic mass is 35.5. The van der Waals surface area contributed by atoms with E-state index in [1.807, 2.05) is 24.3 Å². The van der Waals surface area contributed by atoms with E-state index in [1.54, 1.807) is 0 Å². The molecule has 102 valence electrons. The Balaban J connectivity index is 2.32. The lowest BCUT2D eigenvalue weighted by atomic mass is 9.88. The molecule has 2 heteroatoms. The molecule has 0 aliphatic rings. The van der Waals surface area contributed by atoms with Crippen LogP contribution >= 0.6 is 11.6 Å². The molecule has 0 N–H and O–H groups in total. The lowest BCUT2D eigenvalue weighted by Crippen LogP contribution is -2.04. The van der Waals surface area contributed by atoms with Crippen LogP contribution in [0, 0.1) is 32.1 Å². The summed E-state index contributed by atoms with van der Waals surface area (Å²) >= 11 is 5.90. The number of benzene rings is 2. The molecule has 1 unspecified atom stereocenters. The highest BCUT2D eigenvalue weighted by Crippen LogP contribution is 2.26. The second-order valence-corrected chi connectivity index (χ2v) is 5.75. The maximum Gasteiger partial charge on any atom is 0.0753 e. The number of nitrogens with zero attached hydrogens (tertiary/aromatic N) is 1. The van der Waals surface area contributed by atoms with E-state index in [9.17, 15) is 5.26 Å². The van der Waals surface area contributed by atoms with Crippen molar-refractivity contribution in [1.82, 2.24) is 0 Å². The van der Waals surface area contributed by atoms with E-state index < -0.39 is 0 Å². The molecule has 2 aromatic carbocycles. The molecule has 0 spiro atoms. The first-order valence-corrected chi connectivity index (χ1v) is 7.11. The Hall–Kier alpha value is -1.78. The third kappa shape index (κ3) is 3.21. The molecule has 0 saturated carbocycles. The van der Waals surface area contributed by atoms with Crippen LogP contribution in [0.3, 0.4) is 0 Å². The predicted molar refractivity (Wildman–Crippen MR) is 84.2 cm³/mol. The molecular weight excluding hydrogens is 266 g/mol. The van der Waals surface area contributed by atoms with Crippen molar-refractivity contribution in [3.63, 3.8) is 0 Å². The van der Waals surface area contributed by atoms with Crippen LogP contribution in [-0.4, -0.2) is 0 Å². The predicted octanol–water partition coefficient (Wildman–Crippen LogP) is 5.12. The van der Waals surface area contributed by atoms with Crippen molar-refractivity contribution in [3.05, 3.63) is 69.2 Å². The van der Waals surface area contributed by atoms with E-state index >= 15 is 0 Å². The highest BCUT2D eigenvalue weighted by Gasteiger charge is 2.14. The molecule has 2 aromatic rings. The molecule has 0 saturated heterocycles. The largest absolute Gasteiger partial charge is 0.198 e. The van der Waals surface area contributed by atoms with Crippen molar-refractivity contribution in [2.75, 3.05) is 0 Å². The van der Waals surface area contributed by atoms with E-state index in [1.165, 1.54) is 22.3 Å². The topological polar surface area (TPSA) is 23.8 Å². The fourth-order valence-electron chi connectivity index (χ4n) is 2.67. The normalized spacial score (nSPS) is 11.9. The minimum Gasteiger partial charge on any atom is -0.198 e. The summed E-state index contributed by atoms with van der Waals surface area (Å²) in [5.41, 5.74) is 6.09. The molecule has 2 rings (SSSR count). The number of nitriles is 1. The number of aryl methyl sites for hydroxylation is 3. The van der Waals surface area contributed by atoms with Crippen molar-refractivity contribution in [2.24, 2.45) is 0 Å². The van der Waals surface area contributed by atoms with Gasteiger partial charge in [-0.05, 0) is 61.6 Å². The fraction of sp³-hybridized carbons (Fsp3) is 0.278. The van der Waals surface area contributed by atoms with Gasteiger partial charge in [0.15, 0.2) is 0 Å². The van der Waals surface area contributed by atoms with Crippen molar-refractivity contribution in [3.8, 4) is 6.07 Å². The second-order valence-electron chi connectivity index (χ2n) is 5.31. The van der Waals surface area contributed by atoms with E-state index in [0.717, 1.165) is 12.0 Å². The van der Waals surface area contributed by atoms with E-state index in [4.69, 9.17) is 11.6 Å². The van der Waals surface area contributed by atoms with Gasteiger partial charge < -0.3 is 0 Å². The summed E-state index contributed by atoms with van der Waals surface area (Å²) in [4.78, 5) is 0. The van der Waals surface area contributed by atoms with Crippen LogP contribution in [0.1, 0.15) is 33.7 Å². The summed E-state index contributed by atoms with van der Waals surface area (Å²) in [5, 5.41) is 10.2. The van der Waals surface area contributed by atoms with Crippen molar-refractivity contribution < 1.29 is 0 Å². The zero-order valence-electron chi connectivity index (χ0n) is 12.1. The third-order valence-electron chi connectivity index (χ3n) is 3.68. The minimum absolute atomic E-state index is 0.132. The fourth-order valence-corrected chi connectivity index (χ4v) is 2.80. The average Bonchev–Trinajstić information content (AvgIpc) is 2.39. The molecule has 0 radical (unpaired) electrons. The Kier molecular flexibility index (Phi) is 4.47. The summed E-state index contributed by atoms with van der Waals surface area (Å²) < 4.78 is 0. The first kappa shape index (κ1) is 14.6. The quantitative estimate of drug-likeness (QED) is 0.767. The van der Waals surface area contributed by atoms with Crippen LogP contribution in [0.25, 0.3) is 0 Å². The third-order valence-corrected chi connectivity index (χ3v) is 3.93. The first-order valence-electron chi connectivity index (χ1n) is 6.73. The average molecular weight is 284 g/mol. The molecule has 0 bridgehead atoms. The van der Waals surface area contributed by atoms with Crippen molar-refractivity contribution in [2.45, 2.75) is 33.1 Å². The Labute approximate surface area is 125 Å². The zero-order valence-corrected chi connectivity index (χ0v) is 12.8. The summed E-state index contributed by atoms with van der Waals surface area (Å²) in [7, 11) is 0. The van der Waals surface area contributed by atoms with Gasteiger partial charge in [0.05, 0.1) is 12.0 Å². The van der Waals surface area contributed by atoms with Gasteiger partial charge in [-0.1, -0.05) is 41.4 Å². The number of rotatable bonds is 3. The smallest absolute Gasteiger partial charge is 0.0753 e. The summed E-state index contributed by atoms with van der Waals surface area (Å²) in [6.45, 7) is 6.34. The van der Waals surface area contributed by atoms with Crippen LogP contribution in [0.2, 0.25) is 5.02 Å². The van der Waals surface area contributed by atoms with Crippen LogP contribution in [0.4, 0.5) is 0 Å². The SMILES string of the molecule is Cc1cc(C)c(CC(C#N)c2ccc(Cl)cc2)c(C)c1. The van der Waals surface area contributed by atoms with Gasteiger partial charge in [0.1, 0.15) is 0 Å². The standard InChI is InChI=1S/C18H18ClN/c1-12-8-13(2)18(14(3)9-12)10-16(11-20)15-4-6-17(19)7-5-15/h4-9,16H,10H2,1-3H3. The van der Waals surface area contributed by atoms with Crippen molar-refractivity contribution >= 4 is 11.6 Å². The Morgan fingerprint density at radius 1 is 1.05 bits per heavy atom. The molecule has 0 aliphatic heterocycles. The Bertz CT molecular complexity index is 627. The van der Waals surface area contributed by atoms with E-state index in [0.29, 0.717) is 5.02 Å². The molecule has 0 heterocycles. The monoisotopic (exact) mass is 283 g/mol. The molecule has 1 nitrogen and oxygen atoms in total. The molecular formula is C18H18ClN. The van der Waals surface area contributed by atoms with Gasteiger partial charge >= 0.3 is 0 Å². The van der Waals surface area contributed by atoms with Gasteiger partial charge in [0.2, 0.25) is 0 Å². The maximum absolute atomic E-state index is 9.46. The van der Waals surface area contributed by atoms with Crippen LogP contribution in [-0.2, 0) is 6.42 Å². The van der Waals surface area contributed by atoms with E-state index in [-0.39, 0.29) is 5.92 Å². The summed E-state index contributed by atoms with van der Waals surface area (Å²) in [6.07, 6.45) is 0.746. The second kappa shape index (κ2) is 6.11. The zero-order chi connectivity index (χ0) is 14.7. The molecule has 20 heavy (non-hydrogen) atoms. The van der Waals surface area contributed by atoms with Crippen LogP contribution in [0.5, 0.6) is 0 Å². The first-order chi connectivity index (χ1) is 9.51. The molecule has 0 aliphatic carbocycles. The maximum atomic E-state index is 9.46. The lowest BCUT2D eigenvalue weighted by Gasteiger charge is -2.15. The number of halogens is 1. The number of hydrogen-bond donors (Lipinski definition) is 0. The van der Waals surface area contributed by atoms with Gasteiger partial charge in [-0.3, -0.25) is 0 Å². The number of hydrogen-bond acceptors (Lipinski definition) is 1. The van der Waals surface area contributed by atoms with Crippen LogP contribution in [0.15, 0.2) is 36.4 Å². The minimum atomic E-state index is -0.132. The van der Waals surface area contributed by atoms with Gasteiger partial charge in [0, 0.05) is 5.02 Å². The Morgan fingerprint density at radius 3 is 2.10 bits per heavy atom. The van der Waals surface area contributed by atoms with E-state index in [2.05, 4.69) is 39.0 Å². The molecule has 0 aromatic heterocycles. The van der Waals surface area contributed by atoms with Gasteiger partial charge in [-0.25, -0.2) is 0 Å².